The molecule has 0 aliphatic carbocycles. The minimum atomic E-state index is -0.325. The number of urea groups is 1. The van der Waals surface area contributed by atoms with Crippen LogP contribution in [0.4, 0.5) is 10.5 Å². The van der Waals surface area contributed by atoms with Gasteiger partial charge in [0.1, 0.15) is 0 Å². The Hall–Kier alpha value is -2.04. The molecule has 0 bridgehead atoms. The third-order valence-electron chi connectivity index (χ3n) is 3.14. The molecule has 0 aliphatic rings. The Morgan fingerprint density at radius 2 is 1.86 bits per heavy atom. The van der Waals surface area contributed by atoms with Crippen molar-refractivity contribution >= 4 is 17.7 Å². The summed E-state index contributed by atoms with van der Waals surface area (Å²) >= 11 is 0. The van der Waals surface area contributed by atoms with Crippen LogP contribution >= 0.6 is 0 Å². The van der Waals surface area contributed by atoms with Gasteiger partial charge in [0.25, 0.3) is 0 Å². The highest BCUT2D eigenvalue weighted by atomic mass is 16.5. The number of ether oxygens (including phenoxy) is 1. The van der Waals surface area contributed by atoms with Crippen molar-refractivity contribution in [2.45, 2.75) is 52.5 Å². The molecule has 0 aromatic heterocycles. The molecule has 22 heavy (non-hydrogen) atoms. The van der Waals surface area contributed by atoms with E-state index in [0.717, 1.165) is 11.3 Å². The van der Waals surface area contributed by atoms with Crippen LogP contribution in [0.15, 0.2) is 24.3 Å². The van der Waals surface area contributed by atoms with Gasteiger partial charge in [-0.1, -0.05) is 39.0 Å². The molecule has 0 fully saturated rings. The number of amides is 2. The van der Waals surface area contributed by atoms with Gasteiger partial charge in [0, 0.05) is 11.7 Å². The van der Waals surface area contributed by atoms with Crippen molar-refractivity contribution in [2.75, 3.05) is 11.9 Å². The molecule has 2 amide bonds. The van der Waals surface area contributed by atoms with Gasteiger partial charge in [-0.05, 0) is 30.9 Å². The molecule has 0 aliphatic heterocycles. The summed E-state index contributed by atoms with van der Waals surface area (Å²) in [7, 11) is 0. The zero-order valence-electron chi connectivity index (χ0n) is 14.0. The highest BCUT2D eigenvalue weighted by Crippen LogP contribution is 2.29. The second-order valence-corrected chi connectivity index (χ2v) is 6.30. The van der Waals surface area contributed by atoms with E-state index in [4.69, 9.17) is 4.74 Å². The number of anilines is 1. The monoisotopic (exact) mass is 306 g/mol. The summed E-state index contributed by atoms with van der Waals surface area (Å²) in [6, 6.07) is 7.09. The van der Waals surface area contributed by atoms with Crippen molar-refractivity contribution in [1.29, 1.82) is 0 Å². The summed E-state index contributed by atoms with van der Waals surface area (Å²) in [5, 5.41) is 5.60. The van der Waals surface area contributed by atoms with Crippen molar-refractivity contribution in [2.24, 2.45) is 0 Å². The molecule has 0 saturated carbocycles. The van der Waals surface area contributed by atoms with Gasteiger partial charge in [-0.2, -0.15) is 0 Å². The fourth-order valence-electron chi connectivity index (χ4n) is 2.15. The van der Waals surface area contributed by atoms with E-state index >= 15 is 0 Å². The molecule has 122 valence electrons. The predicted octanol–water partition coefficient (Wildman–Crippen LogP) is 3.45. The highest BCUT2D eigenvalue weighted by Gasteiger charge is 2.19. The van der Waals surface area contributed by atoms with Gasteiger partial charge in [-0.3, -0.25) is 4.79 Å². The van der Waals surface area contributed by atoms with Gasteiger partial charge < -0.3 is 15.4 Å². The fraction of sp³-hybridized carbons (Fsp3) is 0.529. The van der Waals surface area contributed by atoms with Gasteiger partial charge in [0.15, 0.2) is 0 Å². The standard InChI is InChI=1S/C17H26N2O3/c1-6-22-15(20)11-12(2)18-16(21)19-14-10-8-7-9-13(14)17(3,4)5/h7-10,12H,6,11H2,1-5H3,(H2,18,19,21). The maximum Gasteiger partial charge on any atom is 0.319 e. The van der Waals surface area contributed by atoms with Gasteiger partial charge in [0.2, 0.25) is 0 Å². The molecule has 1 aromatic carbocycles. The molecule has 1 unspecified atom stereocenters. The lowest BCUT2D eigenvalue weighted by Crippen LogP contribution is -2.38. The minimum absolute atomic E-state index is 0.0690. The molecule has 2 N–H and O–H groups in total. The van der Waals surface area contributed by atoms with Crippen LogP contribution in [0.25, 0.3) is 0 Å². The SMILES string of the molecule is CCOC(=O)CC(C)NC(=O)Nc1ccccc1C(C)(C)C. The largest absolute Gasteiger partial charge is 0.466 e. The summed E-state index contributed by atoms with van der Waals surface area (Å²) in [6.07, 6.45) is 0.155. The van der Waals surface area contributed by atoms with Crippen molar-refractivity contribution in [1.82, 2.24) is 5.32 Å². The van der Waals surface area contributed by atoms with Crippen LogP contribution in [0.1, 0.15) is 46.6 Å². The summed E-state index contributed by atoms with van der Waals surface area (Å²) in [5.41, 5.74) is 1.76. The van der Waals surface area contributed by atoms with Crippen LogP contribution in [0, 0.1) is 0 Å². The summed E-state index contributed by atoms with van der Waals surface area (Å²) in [4.78, 5) is 23.5. The van der Waals surface area contributed by atoms with E-state index < -0.39 is 0 Å². The first kappa shape index (κ1) is 18.0. The number of carbonyl (C=O) groups is 2. The van der Waals surface area contributed by atoms with E-state index in [-0.39, 0.29) is 29.9 Å². The van der Waals surface area contributed by atoms with E-state index in [9.17, 15) is 9.59 Å². The van der Waals surface area contributed by atoms with Crippen LogP contribution in [-0.2, 0) is 14.9 Å². The number of rotatable bonds is 5. The van der Waals surface area contributed by atoms with E-state index in [1.54, 1.807) is 13.8 Å². The molecule has 1 atom stereocenters. The molecule has 5 heteroatoms. The van der Waals surface area contributed by atoms with E-state index in [0.29, 0.717) is 6.61 Å². The lowest BCUT2D eigenvalue weighted by molar-refractivity contribution is -0.143. The first-order valence-electron chi connectivity index (χ1n) is 7.56. The maximum atomic E-state index is 12.1. The zero-order chi connectivity index (χ0) is 16.8. The molecule has 1 aromatic rings. The van der Waals surface area contributed by atoms with Gasteiger partial charge in [-0.15, -0.1) is 0 Å². The Kier molecular flexibility index (Phi) is 6.40. The number of nitrogens with one attached hydrogen (secondary N) is 2. The van der Waals surface area contributed by atoms with Gasteiger partial charge in [0.05, 0.1) is 13.0 Å². The first-order valence-corrected chi connectivity index (χ1v) is 7.56. The van der Waals surface area contributed by atoms with Gasteiger partial charge >= 0.3 is 12.0 Å². The van der Waals surface area contributed by atoms with Crippen LogP contribution in [0.5, 0.6) is 0 Å². The third kappa shape index (κ3) is 5.76. The average molecular weight is 306 g/mol. The molecule has 1 rings (SSSR count). The van der Waals surface area contributed by atoms with Crippen molar-refractivity contribution in [3.05, 3.63) is 29.8 Å². The fourth-order valence-corrected chi connectivity index (χ4v) is 2.15. The Morgan fingerprint density at radius 3 is 2.45 bits per heavy atom. The molecular formula is C17H26N2O3. The number of para-hydroxylation sites is 1. The highest BCUT2D eigenvalue weighted by molar-refractivity contribution is 5.90. The molecule has 0 spiro atoms. The van der Waals surface area contributed by atoms with Crippen LogP contribution in [0.3, 0.4) is 0 Å². The second kappa shape index (κ2) is 7.82. The molecule has 0 heterocycles. The minimum Gasteiger partial charge on any atom is -0.466 e. The number of hydrogen-bond acceptors (Lipinski definition) is 3. The van der Waals surface area contributed by atoms with E-state index in [2.05, 4.69) is 31.4 Å². The van der Waals surface area contributed by atoms with Crippen molar-refractivity contribution < 1.29 is 14.3 Å². The molecule has 0 saturated heterocycles. The predicted molar refractivity (Wildman–Crippen MR) is 88.0 cm³/mol. The van der Waals surface area contributed by atoms with Crippen LogP contribution < -0.4 is 10.6 Å². The number of benzene rings is 1. The Balaban J connectivity index is 2.65. The van der Waals surface area contributed by atoms with Crippen LogP contribution in [-0.4, -0.2) is 24.6 Å². The summed E-state index contributed by atoms with van der Waals surface area (Å²) in [5.74, 6) is -0.314. The van der Waals surface area contributed by atoms with Crippen molar-refractivity contribution in [3.63, 3.8) is 0 Å². The maximum absolute atomic E-state index is 12.1. The van der Waals surface area contributed by atoms with E-state index in [1.807, 2.05) is 24.3 Å². The molecular weight excluding hydrogens is 280 g/mol. The smallest absolute Gasteiger partial charge is 0.319 e. The average Bonchev–Trinajstić information content (AvgIpc) is 2.37. The second-order valence-electron chi connectivity index (χ2n) is 6.30. The Morgan fingerprint density at radius 1 is 1.23 bits per heavy atom. The quantitative estimate of drug-likeness (QED) is 0.819. The molecule has 0 radical (unpaired) electrons. The normalized spacial score (nSPS) is 12.4. The lowest BCUT2D eigenvalue weighted by atomic mass is 9.86. The zero-order valence-corrected chi connectivity index (χ0v) is 14.0. The number of hydrogen-bond donors (Lipinski definition) is 2. The summed E-state index contributed by atoms with van der Waals surface area (Å²) in [6.45, 7) is 10.1. The molecule has 5 nitrogen and oxygen atoms in total. The van der Waals surface area contributed by atoms with Crippen LogP contribution in [0.2, 0.25) is 0 Å². The lowest BCUT2D eigenvalue weighted by Gasteiger charge is -2.23. The number of carbonyl (C=O) groups excluding carboxylic acids is 2. The Labute approximate surface area is 132 Å². The van der Waals surface area contributed by atoms with E-state index in [1.165, 1.54) is 0 Å². The summed E-state index contributed by atoms with van der Waals surface area (Å²) < 4.78 is 4.87. The van der Waals surface area contributed by atoms with Gasteiger partial charge in [-0.25, -0.2) is 4.79 Å². The topological polar surface area (TPSA) is 67.4 Å². The third-order valence-corrected chi connectivity index (χ3v) is 3.14. The van der Waals surface area contributed by atoms with Crippen molar-refractivity contribution in [3.8, 4) is 0 Å². The number of esters is 1. The first-order chi connectivity index (χ1) is 10.2. The Bertz CT molecular complexity index is 521.